The topological polar surface area (TPSA) is 71.3 Å². The minimum absolute atomic E-state index is 0.0125. The largest absolute Gasteiger partial charge is 0.455 e. The van der Waals surface area contributed by atoms with Crippen LogP contribution in [-0.2, 0) is 10.7 Å². The number of halogens is 1. The summed E-state index contributed by atoms with van der Waals surface area (Å²) in [7, 11) is 0. The number of hydrogen-bond acceptors (Lipinski definition) is 3. The highest BCUT2D eigenvalue weighted by molar-refractivity contribution is 6.16. The number of amides is 2. The predicted molar refractivity (Wildman–Crippen MR) is 73.1 cm³/mol. The van der Waals surface area contributed by atoms with E-state index in [0.29, 0.717) is 31.7 Å². The second-order valence-corrected chi connectivity index (χ2v) is 4.38. The third-order valence-electron chi connectivity index (χ3n) is 2.46. The maximum atomic E-state index is 11.6. The van der Waals surface area contributed by atoms with Crippen molar-refractivity contribution in [2.45, 2.75) is 32.1 Å². The van der Waals surface area contributed by atoms with Crippen molar-refractivity contribution in [3.05, 3.63) is 23.7 Å². The fourth-order valence-electron chi connectivity index (χ4n) is 1.46. The van der Waals surface area contributed by atoms with Crippen molar-refractivity contribution in [1.82, 2.24) is 10.6 Å². The van der Waals surface area contributed by atoms with Gasteiger partial charge in [-0.05, 0) is 25.0 Å². The van der Waals surface area contributed by atoms with Gasteiger partial charge in [0.1, 0.15) is 5.76 Å². The normalized spacial score (nSPS) is 10.2. The maximum absolute atomic E-state index is 11.6. The van der Waals surface area contributed by atoms with Gasteiger partial charge in [-0.25, -0.2) is 0 Å². The molecule has 0 atom stereocenters. The van der Waals surface area contributed by atoms with Gasteiger partial charge in [0.2, 0.25) is 5.91 Å². The highest BCUT2D eigenvalue weighted by Crippen LogP contribution is 2.09. The van der Waals surface area contributed by atoms with E-state index in [-0.39, 0.29) is 23.5 Å². The van der Waals surface area contributed by atoms with Crippen molar-refractivity contribution in [3.8, 4) is 0 Å². The molecule has 1 rings (SSSR count). The van der Waals surface area contributed by atoms with Crippen molar-refractivity contribution in [2.24, 2.45) is 0 Å². The molecule has 0 aliphatic carbocycles. The van der Waals surface area contributed by atoms with Gasteiger partial charge in [-0.15, -0.1) is 11.6 Å². The summed E-state index contributed by atoms with van der Waals surface area (Å²) in [6.07, 6.45) is 1.93. The zero-order valence-corrected chi connectivity index (χ0v) is 11.8. The molecule has 0 unspecified atom stereocenters. The number of rotatable bonds is 8. The van der Waals surface area contributed by atoms with E-state index in [2.05, 4.69) is 10.6 Å². The highest BCUT2D eigenvalue weighted by atomic mass is 35.5. The summed E-state index contributed by atoms with van der Waals surface area (Å²) in [5.74, 6) is 0.769. The number of carbonyl (C=O) groups is 2. The van der Waals surface area contributed by atoms with Crippen LogP contribution >= 0.6 is 11.6 Å². The van der Waals surface area contributed by atoms with Crippen LogP contribution in [0.25, 0.3) is 0 Å². The summed E-state index contributed by atoms with van der Waals surface area (Å²) >= 11 is 5.58. The molecule has 5 nitrogen and oxygen atoms in total. The SMILES string of the molecule is CCCNC(=O)CCCNC(=O)c1ccc(CCl)o1. The summed E-state index contributed by atoms with van der Waals surface area (Å²) in [6, 6.07) is 3.25. The van der Waals surface area contributed by atoms with Gasteiger partial charge in [-0.1, -0.05) is 6.92 Å². The average Bonchev–Trinajstić information content (AvgIpc) is 2.90. The van der Waals surface area contributed by atoms with Crippen LogP contribution in [0.5, 0.6) is 0 Å². The Morgan fingerprint density at radius 3 is 2.68 bits per heavy atom. The Bertz CT molecular complexity index is 418. The molecule has 1 aromatic rings. The Morgan fingerprint density at radius 1 is 1.26 bits per heavy atom. The van der Waals surface area contributed by atoms with Crippen molar-refractivity contribution < 1.29 is 14.0 Å². The van der Waals surface area contributed by atoms with Crippen LogP contribution in [0.1, 0.15) is 42.5 Å². The lowest BCUT2D eigenvalue weighted by molar-refractivity contribution is -0.121. The molecule has 0 aromatic carbocycles. The zero-order valence-electron chi connectivity index (χ0n) is 11.0. The van der Waals surface area contributed by atoms with Crippen molar-refractivity contribution >= 4 is 23.4 Å². The molecule has 2 amide bonds. The van der Waals surface area contributed by atoms with Crippen molar-refractivity contribution in [3.63, 3.8) is 0 Å². The lowest BCUT2D eigenvalue weighted by atomic mass is 10.3. The summed E-state index contributed by atoms with van der Waals surface area (Å²) in [4.78, 5) is 22.9. The summed E-state index contributed by atoms with van der Waals surface area (Å²) < 4.78 is 5.20. The molecule has 0 bridgehead atoms. The molecule has 0 spiro atoms. The fourth-order valence-corrected chi connectivity index (χ4v) is 1.61. The second kappa shape index (κ2) is 8.58. The first-order chi connectivity index (χ1) is 9.17. The molecule has 106 valence electrons. The Labute approximate surface area is 117 Å². The van der Waals surface area contributed by atoms with Crippen LogP contribution in [0, 0.1) is 0 Å². The lowest BCUT2D eigenvalue weighted by Gasteiger charge is -2.04. The molecule has 1 aromatic heterocycles. The van der Waals surface area contributed by atoms with E-state index < -0.39 is 0 Å². The highest BCUT2D eigenvalue weighted by Gasteiger charge is 2.10. The third kappa shape index (κ3) is 5.79. The Balaban J connectivity index is 2.18. The number of nitrogens with one attached hydrogen (secondary N) is 2. The van der Waals surface area contributed by atoms with Crippen LogP contribution in [0.2, 0.25) is 0 Å². The molecule has 0 saturated carbocycles. The standard InChI is InChI=1S/C13H19ClN2O3/c1-2-7-15-12(17)4-3-8-16-13(18)11-6-5-10(9-14)19-11/h5-6H,2-4,7-9H2,1H3,(H,15,17)(H,16,18). The van der Waals surface area contributed by atoms with Gasteiger partial charge in [-0.3, -0.25) is 9.59 Å². The fraction of sp³-hybridized carbons (Fsp3) is 0.538. The summed E-state index contributed by atoms with van der Waals surface area (Å²) in [5, 5.41) is 5.47. The molecule has 19 heavy (non-hydrogen) atoms. The number of furan rings is 1. The van der Waals surface area contributed by atoms with Crippen molar-refractivity contribution in [2.75, 3.05) is 13.1 Å². The molecule has 0 saturated heterocycles. The van der Waals surface area contributed by atoms with Gasteiger partial charge >= 0.3 is 0 Å². The average molecular weight is 287 g/mol. The molecule has 0 aliphatic rings. The van der Waals surface area contributed by atoms with Gasteiger partial charge in [0.15, 0.2) is 5.76 Å². The molecular weight excluding hydrogens is 268 g/mol. The summed E-state index contributed by atoms with van der Waals surface area (Å²) in [5.41, 5.74) is 0. The van der Waals surface area contributed by atoms with Gasteiger partial charge < -0.3 is 15.1 Å². The Kier molecular flexibility index (Phi) is 7.03. The first kappa shape index (κ1) is 15.6. The van der Waals surface area contributed by atoms with E-state index in [0.717, 1.165) is 6.42 Å². The number of hydrogen-bond donors (Lipinski definition) is 2. The van der Waals surface area contributed by atoms with Gasteiger partial charge in [-0.2, -0.15) is 0 Å². The van der Waals surface area contributed by atoms with E-state index in [1.165, 1.54) is 0 Å². The minimum atomic E-state index is -0.287. The molecule has 6 heteroatoms. The van der Waals surface area contributed by atoms with Gasteiger partial charge in [0.05, 0.1) is 5.88 Å². The van der Waals surface area contributed by atoms with E-state index in [1.54, 1.807) is 12.1 Å². The molecular formula is C13H19ClN2O3. The Morgan fingerprint density at radius 2 is 2.05 bits per heavy atom. The van der Waals surface area contributed by atoms with Crippen LogP contribution in [0.15, 0.2) is 16.5 Å². The maximum Gasteiger partial charge on any atom is 0.286 e. The smallest absolute Gasteiger partial charge is 0.286 e. The molecule has 1 heterocycles. The van der Waals surface area contributed by atoms with E-state index in [1.807, 2.05) is 6.92 Å². The monoisotopic (exact) mass is 286 g/mol. The minimum Gasteiger partial charge on any atom is -0.455 e. The van der Waals surface area contributed by atoms with Crippen LogP contribution in [0.3, 0.4) is 0 Å². The van der Waals surface area contributed by atoms with E-state index in [9.17, 15) is 9.59 Å². The van der Waals surface area contributed by atoms with Gasteiger partial charge in [0.25, 0.3) is 5.91 Å². The van der Waals surface area contributed by atoms with Crippen LogP contribution < -0.4 is 10.6 Å². The number of carbonyl (C=O) groups excluding carboxylic acids is 2. The van der Waals surface area contributed by atoms with Crippen LogP contribution in [0.4, 0.5) is 0 Å². The van der Waals surface area contributed by atoms with Crippen LogP contribution in [-0.4, -0.2) is 24.9 Å². The molecule has 0 fully saturated rings. The van der Waals surface area contributed by atoms with E-state index >= 15 is 0 Å². The third-order valence-corrected chi connectivity index (χ3v) is 2.72. The Hall–Kier alpha value is -1.49. The molecule has 0 aliphatic heterocycles. The molecule has 2 N–H and O–H groups in total. The zero-order chi connectivity index (χ0) is 14.1. The number of alkyl halides is 1. The van der Waals surface area contributed by atoms with Crippen molar-refractivity contribution in [1.29, 1.82) is 0 Å². The van der Waals surface area contributed by atoms with Gasteiger partial charge in [0, 0.05) is 19.5 Å². The predicted octanol–water partition coefficient (Wildman–Crippen LogP) is 2.05. The van der Waals surface area contributed by atoms with E-state index in [4.69, 9.17) is 16.0 Å². The lowest BCUT2D eigenvalue weighted by Crippen LogP contribution is -2.27. The summed E-state index contributed by atoms with van der Waals surface area (Å²) in [6.45, 7) is 3.13. The first-order valence-electron chi connectivity index (χ1n) is 6.37. The molecule has 0 radical (unpaired) electrons. The first-order valence-corrected chi connectivity index (χ1v) is 6.90. The quantitative estimate of drug-likeness (QED) is 0.567. The second-order valence-electron chi connectivity index (χ2n) is 4.11.